The first-order valence-electron chi connectivity index (χ1n) is 7.07. The third-order valence-electron chi connectivity index (χ3n) is 3.29. The molecule has 0 aliphatic heterocycles. The van der Waals surface area contributed by atoms with E-state index < -0.39 is 18.5 Å². The van der Waals surface area contributed by atoms with Crippen LogP contribution in [-0.2, 0) is 16.1 Å². The Morgan fingerprint density at radius 2 is 2.00 bits per heavy atom. The molecule has 0 fully saturated rings. The van der Waals surface area contributed by atoms with Crippen LogP contribution in [0.5, 0.6) is 0 Å². The molecule has 7 heteroatoms. The van der Waals surface area contributed by atoms with Crippen LogP contribution in [0, 0.1) is 5.82 Å². The fraction of sp³-hybridized carbons (Fsp3) is 0.176. The van der Waals surface area contributed by atoms with E-state index in [0.717, 1.165) is 0 Å². The number of nitrogen functional groups attached to an aromatic ring is 1. The largest absolute Gasteiger partial charge is 0.452 e. The zero-order chi connectivity index (χ0) is 17.7. The Morgan fingerprint density at radius 1 is 1.25 bits per heavy atom. The van der Waals surface area contributed by atoms with Crippen LogP contribution in [0.4, 0.5) is 10.1 Å². The number of esters is 1. The summed E-state index contributed by atoms with van der Waals surface area (Å²) in [4.78, 5) is 25.3. The van der Waals surface area contributed by atoms with Crippen LogP contribution in [0.15, 0.2) is 42.5 Å². The predicted molar refractivity (Wildman–Crippen MR) is 89.0 cm³/mol. The summed E-state index contributed by atoms with van der Waals surface area (Å²) in [5.41, 5.74) is 6.64. The maximum absolute atomic E-state index is 13.1. The van der Waals surface area contributed by atoms with E-state index in [1.54, 1.807) is 12.1 Å². The average molecular weight is 351 g/mol. The van der Waals surface area contributed by atoms with E-state index in [9.17, 15) is 14.0 Å². The molecular weight excluding hydrogens is 335 g/mol. The number of likely N-dealkylation sites (N-methyl/N-ethyl adjacent to an activating group) is 1. The average Bonchev–Trinajstić information content (AvgIpc) is 2.52. The molecule has 0 atom stereocenters. The lowest BCUT2D eigenvalue weighted by atomic mass is 10.2. The lowest BCUT2D eigenvalue weighted by molar-refractivity contribution is -0.133. The summed E-state index contributed by atoms with van der Waals surface area (Å²) in [5, 5.41) is 0.398. The molecule has 0 radical (unpaired) electrons. The fourth-order valence-corrected chi connectivity index (χ4v) is 2.21. The van der Waals surface area contributed by atoms with Gasteiger partial charge in [-0.2, -0.15) is 0 Å². The van der Waals surface area contributed by atoms with Crippen LogP contribution >= 0.6 is 11.6 Å². The van der Waals surface area contributed by atoms with Gasteiger partial charge in [-0.1, -0.05) is 23.7 Å². The standard InChI is InChI=1S/C17H16ClFN2O3/c1-21(9-11-3-2-4-13(19)7-11)16(22)10-24-17(23)14-6-5-12(18)8-15(14)20/h2-8H,9-10,20H2,1H3. The van der Waals surface area contributed by atoms with Crippen molar-refractivity contribution in [3.05, 3.63) is 64.4 Å². The highest BCUT2D eigenvalue weighted by atomic mass is 35.5. The first-order valence-corrected chi connectivity index (χ1v) is 7.45. The molecule has 0 bridgehead atoms. The van der Waals surface area contributed by atoms with E-state index in [-0.39, 0.29) is 23.6 Å². The molecule has 2 rings (SSSR count). The Bertz CT molecular complexity index is 767. The summed E-state index contributed by atoms with van der Waals surface area (Å²) < 4.78 is 18.1. The molecule has 1 amide bonds. The van der Waals surface area contributed by atoms with Gasteiger partial charge in [-0.3, -0.25) is 4.79 Å². The molecule has 0 unspecified atom stereocenters. The number of amides is 1. The number of benzene rings is 2. The normalized spacial score (nSPS) is 10.3. The maximum Gasteiger partial charge on any atom is 0.340 e. The predicted octanol–water partition coefficient (Wildman–Crippen LogP) is 2.88. The lowest BCUT2D eigenvalue weighted by Crippen LogP contribution is -2.31. The molecule has 24 heavy (non-hydrogen) atoms. The highest BCUT2D eigenvalue weighted by Gasteiger charge is 2.16. The highest BCUT2D eigenvalue weighted by molar-refractivity contribution is 6.31. The van der Waals surface area contributed by atoms with Crippen molar-refractivity contribution in [1.29, 1.82) is 0 Å². The summed E-state index contributed by atoms with van der Waals surface area (Å²) in [6.45, 7) is -0.232. The van der Waals surface area contributed by atoms with Crippen molar-refractivity contribution in [2.75, 3.05) is 19.4 Å². The van der Waals surface area contributed by atoms with Gasteiger partial charge in [0.2, 0.25) is 0 Å². The topological polar surface area (TPSA) is 72.6 Å². The summed E-state index contributed by atoms with van der Waals surface area (Å²) in [6.07, 6.45) is 0. The van der Waals surface area contributed by atoms with Crippen LogP contribution in [-0.4, -0.2) is 30.4 Å². The number of nitrogens with zero attached hydrogens (tertiary/aromatic N) is 1. The van der Waals surface area contributed by atoms with Crippen LogP contribution in [0.2, 0.25) is 5.02 Å². The van der Waals surface area contributed by atoms with Crippen LogP contribution < -0.4 is 5.73 Å². The van der Waals surface area contributed by atoms with E-state index in [2.05, 4.69) is 0 Å². The zero-order valence-corrected chi connectivity index (χ0v) is 13.7. The van der Waals surface area contributed by atoms with Gasteiger partial charge >= 0.3 is 5.97 Å². The number of ether oxygens (including phenoxy) is 1. The second-order valence-electron chi connectivity index (χ2n) is 5.19. The summed E-state index contributed by atoms with van der Waals surface area (Å²) in [7, 11) is 1.54. The second kappa shape index (κ2) is 7.79. The minimum absolute atomic E-state index is 0.139. The summed E-state index contributed by atoms with van der Waals surface area (Å²) in [5.74, 6) is -1.50. The molecule has 0 heterocycles. The molecule has 126 valence electrons. The summed E-state index contributed by atoms with van der Waals surface area (Å²) in [6, 6.07) is 10.3. The van der Waals surface area contributed by atoms with Crippen molar-refractivity contribution in [1.82, 2.24) is 4.90 Å². The first kappa shape index (κ1) is 17.7. The number of anilines is 1. The lowest BCUT2D eigenvalue weighted by Gasteiger charge is -2.17. The zero-order valence-electron chi connectivity index (χ0n) is 13.0. The van der Waals surface area contributed by atoms with E-state index in [4.69, 9.17) is 22.1 Å². The maximum atomic E-state index is 13.1. The minimum Gasteiger partial charge on any atom is -0.452 e. The molecule has 0 saturated heterocycles. The van der Waals surface area contributed by atoms with E-state index in [1.165, 1.54) is 42.3 Å². The molecule has 0 aliphatic carbocycles. The number of carbonyl (C=O) groups excluding carboxylic acids is 2. The molecule has 2 N–H and O–H groups in total. The number of rotatable bonds is 5. The molecule has 2 aromatic rings. The molecular formula is C17H16ClFN2O3. The van der Waals surface area contributed by atoms with Crippen LogP contribution in [0.25, 0.3) is 0 Å². The molecule has 5 nitrogen and oxygen atoms in total. The van der Waals surface area contributed by atoms with Crippen molar-refractivity contribution in [3.63, 3.8) is 0 Å². The van der Waals surface area contributed by atoms with Gasteiger partial charge < -0.3 is 15.4 Å². The van der Waals surface area contributed by atoms with E-state index >= 15 is 0 Å². The SMILES string of the molecule is CN(Cc1cccc(F)c1)C(=O)COC(=O)c1ccc(Cl)cc1N. The third-order valence-corrected chi connectivity index (χ3v) is 3.53. The monoisotopic (exact) mass is 350 g/mol. The smallest absolute Gasteiger partial charge is 0.340 e. The van der Waals surface area contributed by atoms with Crippen molar-refractivity contribution >= 4 is 29.2 Å². The van der Waals surface area contributed by atoms with Gasteiger partial charge in [0.15, 0.2) is 6.61 Å². The van der Waals surface area contributed by atoms with Gasteiger partial charge in [0.25, 0.3) is 5.91 Å². The van der Waals surface area contributed by atoms with Crippen molar-refractivity contribution in [2.24, 2.45) is 0 Å². The highest BCUT2D eigenvalue weighted by Crippen LogP contribution is 2.18. The molecule has 2 aromatic carbocycles. The fourth-order valence-electron chi connectivity index (χ4n) is 2.03. The second-order valence-corrected chi connectivity index (χ2v) is 5.62. The van der Waals surface area contributed by atoms with E-state index in [0.29, 0.717) is 10.6 Å². The quantitative estimate of drug-likeness (QED) is 0.664. The third kappa shape index (κ3) is 4.70. The Hall–Kier alpha value is -2.60. The number of carbonyl (C=O) groups is 2. The minimum atomic E-state index is -0.711. The number of hydrogen-bond acceptors (Lipinski definition) is 4. The Morgan fingerprint density at radius 3 is 2.67 bits per heavy atom. The Kier molecular flexibility index (Phi) is 5.76. The number of halogens is 2. The van der Waals surface area contributed by atoms with Crippen molar-refractivity contribution in [3.8, 4) is 0 Å². The Balaban J connectivity index is 1.91. The van der Waals surface area contributed by atoms with Gasteiger partial charge in [-0.25, -0.2) is 9.18 Å². The van der Waals surface area contributed by atoms with Gasteiger partial charge in [0.05, 0.1) is 5.56 Å². The molecule has 0 aromatic heterocycles. The van der Waals surface area contributed by atoms with Crippen molar-refractivity contribution in [2.45, 2.75) is 6.54 Å². The number of hydrogen-bond donors (Lipinski definition) is 1. The van der Waals surface area contributed by atoms with E-state index in [1.807, 2.05) is 0 Å². The Labute approximate surface area is 143 Å². The first-order chi connectivity index (χ1) is 11.4. The van der Waals surface area contributed by atoms with Crippen molar-refractivity contribution < 1.29 is 18.7 Å². The van der Waals surface area contributed by atoms with Gasteiger partial charge in [0.1, 0.15) is 5.82 Å². The van der Waals surface area contributed by atoms with Gasteiger partial charge in [-0.15, -0.1) is 0 Å². The molecule has 0 spiro atoms. The van der Waals surface area contributed by atoms with Crippen LogP contribution in [0.3, 0.4) is 0 Å². The summed E-state index contributed by atoms with van der Waals surface area (Å²) >= 11 is 5.76. The van der Waals surface area contributed by atoms with Crippen LogP contribution in [0.1, 0.15) is 15.9 Å². The van der Waals surface area contributed by atoms with Gasteiger partial charge in [-0.05, 0) is 35.9 Å². The van der Waals surface area contributed by atoms with Gasteiger partial charge in [0, 0.05) is 24.3 Å². The molecule has 0 saturated carbocycles. The number of nitrogens with two attached hydrogens (primary N) is 1. The molecule has 0 aliphatic rings.